The standard InChI is InChI=1S/C20H25N3O7/c24-17(14-3-4-16-18(12-14)29-19(25)21-16)5-6-22-7-9-23(10-8-22)30-20(26)28-13-15-2-1-11-27-15/h3-4,12,15H,1-2,5-11,13H2,(H,21,25). The number of carbonyl (C=O) groups is 2. The summed E-state index contributed by atoms with van der Waals surface area (Å²) in [4.78, 5) is 45.4. The van der Waals surface area contributed by atoms with Gasteiger partial charge in [0, 0.05) is 51.3 Å². The minimum atomic E-state index is -0.707. The van der Waals surface area contributed by atoms with Crippen LogP contribution in [-0.4, -0.2) is 78.9 Å². The van der Waals surface area contributed by atoms with Gasteiger partial charge >= 0.3 is 11.9 Å². The minimum Gasteiger partial charge on any atom is -0.430 e. The molecule has 10 heteroatoms. The number of carbonyl (C=O) groups excluding carboxylic acids is 2. The average Bonchev–Trinajstić information content (AvgIpc) is 3.39. The zero-order chi connectivity index (χ0) is 20.9. The van der Waals surface area contributed by atoms with E-state index in [0.29, 0.717) is 62.4 Å². The van der Waals surface area contributed by atoms with Crippen molar-refractivity contribution >= 4 is 23.0 Å². The van der Waals surface area contributed by atoms with E-state index in [1.807, 2.05) is 0 Å². The molecule has 2 saturated heterocycles. The van der Waals surface area contributed by atoms with Crippen LogP contribution in [0.15, 0.2) is 27.4 Å². The molecule has 1 aromatic carbocycles. The Morgan fingerprint density at radius 2 is 2.03 bits per heavy atom. The molecule has 0 amide bonds. The number of benzene rings is 1. The Morgan fingerprint density at radius 1 is 1.20 bits per heavy atom. The van der Waals surface area contributed by atoms with Crippen LogP contribution in [0.1, 0.15) is 29.6 Å². The van der Waals surface area contributed by atoms with Gasteiger partial charge < -0.3 is 23.6 Å². The first-order chi connectivity index (χ1) is 14.6. The van der Waals surface area contributed by atoms with Crippen molar-refractivity contribution in [2.75, 3.05) is 45.9 Å². The molecule has 1 unspecified atom stereocenters. The third-order valence-corrected chi connectivity index (χ3v) is 5.34. The van der Waals surface area contributed by atoms with Crippen molar-refractivity contribution in [1.29, 1.82) is 0 Å². The minimum absolute atomic E-state index is 0.0165. The lowest BCUT2D eigenvalue weighted by Gasteiger charge is -2.32. The maximum Gasteiger partial charge on any atom is 0.528 e. The van der Waals surface area contributed by atoms with Crippen molar-refractivity contribution in [2.45, 2.75) is 25.4 Å². The number of hydroxylamine groups is 2. The summed E-state index contributed by atoms with van der Waals surface area (Å²) in [6.45, 7) is 3.98. The Morgan fingerprint density at radius 3 is 2.80 bits per heavy atom. The molecule has 0 radical (unpaired) electrons. The SMILES string of the molecule is O=C(OCC1CCCO1)ON1CCN(CCC(=O)c2ccc3[nH]c(=O)oc3c2)CC1. The number of ketones is 1. The molecule has 0 bridgehead atoms. The van der Waals surface area contributed by atoms with Crippen molar-refractivity contribution in [1.82, 2.24) is 14.9 Å². The summed E-state index contributed by atoms with van der Waals surface area (Å²) in [6.07, 6.45) is 1.51. The third kappa shape index (κ3) is 5.26. The molecule has 10 nitrogen and oxygen atoms in total. The van der Waals surface area contributed by atoms with Crippen LogP contribution in [-0.2, 0) is 14.3 Å². The Hall–Kier alpha value is -2.69. The number of aromatic nitrogens is 1. The van der Waals surface area contributed by atoms with Gasteiger partial charge in [-0.1, -0.05) is 0 Å². The Labute approximate surface area is 172 Å². The summed E-state index contributed by atoms with van der Waals surface area (Å²) < 4.78 is 15.5. The first-order valence-electron chi connectivity index (χ1n) is 10.2. The van der Waals surface area contributed by atoms with Gasteiger partial charge in [-0.15, -0.1) is 5.06 Å². The van der Waals surface area contributed by atoms with Gasteiger partial charge in [-0.2, -0.15) is 0 Å². The van der Waals surface area contributed by atoms with Gasteiger partial charge in [-0.3, -0.25) is 9.78 Å². The van der Waals surface area contributed by atoms with Crippen molar-refractivity contribution in [3.8, 4) is 0 Å². The molecule has 2 aromatic rings. The smallest absolute Gasteiger partial charge is 0.430 e. The van der Waals surface area contributed by atoms with E-state index in [4.69, 9.17) is 18.7 Å². The molecule has 2 aliphatic heterocycles. The number of H-pyrrole nitrogens is 1. The quantitative estimate of drug-likeness (QED) is 0.527. The molecule has 1 aromatic heterocycles. The van der Waals surface area contributed by atoms with E-state index < -0.39 is 11.9 Å². The molecular weight excluding hydrogens is 394 g/mol. The van der Waals surface area contributed by atoms with Crippen LogP contribution in [0.3, 0.4) is 0 Å². The van der Waals surface area contributed by atoms with E-state index in [-0.39, 0.29) is 18.5 Å². The number of nitrogens with one attached hydrogen (secondary N) is 1. The van der Waals surface area contributed by atoms with Crippen molar-refractivity contribution < 1.29 is 28.3 Å². The van der Waals surface area contributed by atoms with Gasteiger partial charge in [-0.25, -0.2) is 9.59 Å². The van der Waals surface area contributed by atoms with Crippen LogP contribution in [0, 0.1) is 0 Å². The first kappa shape index (κ1) is 20.6. The lowest BCUT2D eigenvalue weighted by molar-refractivity contribution is -0.149. The molecule has 30 heavy (non-hydrogen) atoms. The number of rotatable bonds is 7. The zero-order valence-corrected chi connectivity index (χ0v) is 16.6. The van der Waals surface area contributed by atoms with Crippen LogP contribution >= 0.6 is 0 Å². The number of piperazine rings is 1. The molecule has 3 heterocycles. The molecule has 2 fully saturated rings. The summed E-state index contributed by atoms with van der Waals surface area (Å²) in [5.74, 6) is -0.553. The molecule has 0 saturated carbocycles. The number of fused-ring (bicyclic) bond motifs is 1. The van der Waals surface area contributed by atoms with E-state index in [2.05, 4.69) is 9.88 Å². The van der Waals surface area contributed by atoms with E-state index in [9.17, 15) is 14.4 Å². The first-order valence-corrected chi connectivity index (χ1v) is 10.2. The maximum absolute atomic E-state index is 12.5. The fraction of sp³-hybridized carbons (Fsp3) is 0.550. The van der Waals surface area contributed by atoms with Gasteiger partial charge in [0.1, 0.15) is 6.61 Å². The second-order valence-electron chi connectivity index (χ2n) is 7.46. The van der Waals surface area contributed by atoms with E-state index in [1.54, 1.807) is 23.3 Å². The summed E-state index contributed by atoms with van der Waals surface area (Å²) in [7, 11) is 0. The summed E-state index contributed by atoms with van der Waals surface area (Å²) >= 11 is 0. The fourth-order valence-corrected chi connectivity index (χ4v) is 3.64. The van der Waals surface area contributed by atoms with Gasteiger partial charge in [0.25, 0.3) is 0 Å². The molecule has 4 rings (SSSR count). The van der Waals surface area contributed by atoms with Gasteiger partial charge in [0.05, 0.1) is 11.6 Å². The molecular formula is C20H25N3O7. The van der Waals surface area contributed by atoms with Gasteiger partial charge in [0.15, 0.2) is 11.4 Å². The highest BCUT2D eigenvalue weighted by molar-refractivity contribution is 5.98. The lowest BCUT2D eigenvalue weighted by Crippen LogP contribution is -2.47. The average molecular weight is 419 g/mol. The third-order valence-electron chi connectivity index (χ3n) is 5.34. The zero-order valence-electron chi connectivity index (χ0n) is 16.6. The predicted octanol–water partition coefficient (Wildman–Crippen LogP) is 1.56. The molecule has 2 aliphatic rings. The number of Topliss-reactive ketones (excluding diaryl/α,β-unsaturated/α-hetero) is 1. The second kappa shape index (κ2) is 9.41. The maximum atomic E-state index is 12.5. The number of nitrogens with zero attached hydrogens (tertiary/aromatic N) is 2. The molecule has 0 aliphatic carbocycles. The molecule has 1 N–H and O–H groups in total. The van der Waals surface area contributed by atoms with Crippen LogP contribution in [0.25, 0.3) is 11.1 Å². The Balaban J connectivity index is 1.16. The predicted molar refractivity (Wildman–Crippen MR) is 105 cm³/mol. The van der Waals surface area contributed by atoms with Gasteiger partial charge in [-0.05, 0) is 31.0 Å². The van der Waals surface area contributed by atoms with Crippen LogP contribution < -0.4 is 5.76 Å². The number of aromatic amines is 1. The highest BCUT2D eigenvalue weighted by atomic mass is 16.8. The van der Waals surface area contributed by atoms with Crippen molar-refractivity contribution in [3.05, 3.63) is 34.3 Å². The highest BCUT2D eigenvalue weighted by Crippen LogP contribution is 2.15. The van der Waals surface area contributed by atoms with E-state index in [1.165, 1.54) is 0 Å². The van der Waals surface area contributed by atoms with Crippen LogP contribution in [0.2, 0.25) is 0 Å². The monoisotopic (exact) mass is 419 g/mol. The summed E-state index contributed by atoms with van der Waals surface area (Å²) in [5, 5.41) is 1.58. The van der Waals surface area contributed by atoms with Gasteiger partial charge in [0.2, 0.25) is 0 Å². The number of hydrogen-bond acceptors (Lipinski definition) is 9. The van der Waals surface area contributed by atoms with Crippen LogP contribution in [0.4, 0.5) is 4.79 Å². The van der Waals surface area contributed by atoms with Crippen molar-refractivity contribution in [2.24, 2.45) is 0 Å². The molecule has 0 spiro atoms. The van der Waals surface area contributed by atoms with E-state index in [0.717, 1.165) is 12.8 Å². The number of hydrogen-bond donors (Lipinski definition) is 1. The number of ether oxygens (including phenoxy) is 2. The molecule has 162 valence electrons. The largest absolute Gasteiger partial charge is 0.528 e. The Bertz CT molecular complexity index is 939. The fourth-order valence-electron chi connectivity index (χ4n) is 3.64. The van der Waals surface area contributed by atoms with E-state index >= 15 is 0 Å². The summed E-state index contributed by atoms with van der Waals surface area (Å²) in [6, 6.07) is 4.94. The summed E-state index contributed by atoms with van der Waals surface area (Å²) in [5.41, 5.74) is 1.46. The molecule has 1 atom stereocenters. The second-order valence-corrected chi connectivity index (χ2v) is 7.46. The lowest BCUT2D eigenvalue weighted by atomic mass is 10.1. The Kier molecular flexibility index (Phi) is 6.46. The van der Waals surface area contributed by atoms with Crippen molar-refractivity contribution in [3.63, 3.8) is 0 Å². The number of oxazole rings is 1. The normalized spacial score (nSPS) is 20.5. The highest BCUT2D eigenvalue weighted by Gasteiger charge is 2.23. The topological polar surface area (TPSA) is 114 Å². The van der Waals surface area contributed by atoms with Crippen LogP contribution in [0.5, 0.6) is 0 Å².